The van der Waals surface area contributed by atoms with Crippen molar-refractivity contribution in [3.63, 3.8) is 0 Å². The lowest BCUT2D eigenvalue weighted by Gasteiger charge is -2.15. The number of aryl methyl sites for hydroxylation is 1. The van der Waals surface area contributed by atoms with Crippen LogP contribution < -0.4 is 20.1 Å². The van der Waals surface area contributed by atoms with E-state index < -0.39 is 6.61 Å². The summed E-state index contributed by atoms with van der Waals surface area (Å²) in [6, 6.07) is 12.0. The molecule has 0 atom stereocenters. The number of ether oxygens (including phenoxy) is 2. The fourth-order valence-corrected chi connectivity index (χ4v) is 2.30. The lowest BCUT2D eigenvalue weighted by atomic mass is 10.2. The zero-order valence-electron chi connectivity index (χ0n) is 13.3. The van der Waals surface area contributed by atoms with Crippen molar-refractivity contribution in [2.75, 3.05) is 17.2 Å². The maximum absolute atomic E-state index is 12.2. The molecule has 2 rings (SSSR count). The van der Waals surface area contributed by atoms with Crippen molar-refractivity contribution >= 4 is 28.7 Å². The van der Waals surface area contributed by atoms with E-state index in [4.69, 9.17) is 17.0 Å². The van der Waals surface area contributed by atoms with E-state index in [2.05, 4.69) is 15.4 Å². The van der Waals surface area contributed by atoms with Gasteiger partial charge in [-0.1, -0.05) is 12.1 Å². The van der Waals surface area contributed by atoms with Crippen molar-refractivity contribution in [2.24, 2.45) is 0 Å². The first-order valence-corrected chi connectivity index (χ1v) is 7.75. The first-order chi connectivity index (χ1) is 11.5. The average Bonchev–Trinajstić information content (AvgIpc) is 2.51. The fourth-order valence-electron chi connectivity index (χ4n) is 2.08. The molecule has 7 heteroatoms. The second-order valence-electron chi connectivity index (χ2n) is 4.86. The zero-order valence-corrected chi connectivity index (χ0v) is 14.1. The van der Waals surface area contributed by atoms with E-state index in [-0.39, 0.29) is 5.75 Å². The highest BCUT2D eigenvalue weighted by Gasteiger charge is 2.09. The van der Waals surface area contributed by atoms with Gasteiger partial charge in [-0.3, -0.25) is 0 Å². The molecule has 24 heavy (non-hydrogen) atoms. The van der Waals surface area contributed by atoms with E-state index in [1.165, 1.54) is 12.1 Å². The van der Waals surface area contributed by atoms with E-state index in [0.29, 0.717) is 23.2 Å². The van der Waals surface area contributed by atoms with Crippen LogP contribution in [0, 0.1) is 6.92 Å². The Morgan fingerprint density at radius 1 is 1.12 bits per heavy atom. The largest absolute Gasteiger partial charge is 0.492 e. The number of alkyl halides is 2. The molecule has 0 radical (unpaired) electrons. The van der Waals surface area contributed by atoms with Crippen LogP contribution in [-0.2, 0) is 0 Å². The third kappa shape index (κ3) is 5.06. The molecule has 0 saturated heterocycles. The number of hydrogen-bond acceptors (Lipinski definition) is 3. The molecule has 0 aromatic heterocycles. The van der Waals surface area contributed by atoms with Crippen LogP contribution in [0.2, 0.25) is 0 Å². The molecular formula is C17H18F2N2O2S. The molecule has 2 aromatic rings. The summed E-state index contributed by atoms with van der Waals surface area (Å²) in [6.45, 7) is 1.38. The van der Waals surface area contributed by atoms with Crippen molar-refractivity contribution in [1.82, 2.24) is 0 Å². The van der Waals surface area contributed by atoms with E-state index in [0.717, 1.165) is 11.3 Å². The predicted molar refractivity (Wildman–Crippen MR) is 95.3 cm³/mol. The van der Waals surface area contributed by atoms with Gasteiger partial charge in [0.15, 0.2) is 5.11 Å². The van der Waals surface area contributed by atoms with E-state index >= 15 is 0 Å². The minimum absolute atomic E-state index is 0.105. The van der Waals surface area contributed by atoms with Gasteiger partial charge in [0, 0.05) is 5.69 Å². The maximum atomic E-state index is 12.2. The SMILES string of the molecule is CCOc1ccccc1NC(=S)Nc1ccc(OC(F)F)cc1C. The van der Waals surface area contributed by atoms with Gasteiger partial charge in [-0.15, -0.1) is 0 Å². The molecule has 2 aromatic carbocycles. The average molecular weight is 352 g/mol. The van der Waals surface area contributed by atoms with E-state index in [1.807, 2.05) is 31.2 Å². The van der Waals surface area contributed by atoms with E-state index in [9.17, 15) is 8.78 Å². The molecule has 0 bridgehead atoms. The van der Waals surface area contributed by atoms with Gasteiger partial charge in [0.05, 0.1) is 12.3 Å². The standard InChI is InChI=1S/C17H18F2N2O2S/c1-3-22-15-7-5-4-6-14(15)21-17(24)20-13-9-8-12(10-11(13)2)23-16(18)19/h4-10,16H,3H2,1-2H3,(H2,20,21,24). The van der Waals surface area contributed by atoms with Crippen LogP contribution in [0.3, 0.4) is 0 Å². The quantitative estimate of drug-likeness (QED) is 0.731. The summed E-state index contributed by atoms with van der Waals surface area (Å²) in [6.07, 6.45) is 0. The monoisotopic (exact) mass is 352 g/mol. The second kappa shape index (κ2) is 8.44. The lowest BCUT2D eigenvalue weighted by molar-refractivity contribution is -0.0498. The number of rotatable bonds is 6. The number of hydrogen-bond donors (Lipinski definition) is 2. The summed E-state index contributed by atoms with van der Waals surface area (Å²) in [5, 5.41) is 6.46. The Kier molecular flexibility index (Phi) is 6.31. The van der Waals surface area contributed by atoms with E-state index in [1.54, 1.807) is 13.0 Å². The molecular weight excluding hydrogens is 334 g/mol. The van der Waals surface area contributed by atoms with Crippen LogP contribution in [0.25, 0.3) is 0 Å². The summed E-state index contributed by atoms with van der Waals surface area (Å²) in [4.78, 5) is 0. The Bertz CT molecular complexity index is 711. The minimum Gasteiger partial charge on any atom is -0.492 e. The van der Waals surface area contributed by atoms with Gasteiger partial charge < -0.3 is 20.1 Å². The molecule has 0 aliphatic rings. The number of para-hydroxylation sites is 2. The Balaban J connectivity index is 2.05. The molecule has 0 amide bonds. The van der Waals surface area contributed by atoms with Crippen molar-refractivity contribution < 1.29 is 18.3 Å². The van der Waals surface area contributed by atoms with Gasteiger partial charge in [0.25, 0.3) is 0 Å². The number of nitrogens with one attached hydrogen (secondary N) is 2. The Labute approximate surface area is 144 Å². The van der Waals surface area contributed by atoms with Crippen molar-refractivity contribution in [2.45, 2.75) is 20.5 Å². The lowest BCUT2D eigenvalue weighted by Crippen LogP contribution is -2.20. The summed E-state index contributed by atoms with van der Waals surface area (Å²) >= 11 is 5.30. The topological polar surface area (TPSA) is 42.5 Å². The van der Waals surface area contributed by atoms with Gasteiger partial charge >= 0.3 is 6.61 Å². The van der Waals surface area contributed by atoms with Crippen LogP contribution in [0.15, 0.2) is 42.5 Å². The van der Waals surface area contributed by atoms with Gasteiger partial charge in [0.2, 0.25) is 0 Å². The highest BCUT2D eigenvalue weighted by atomic mass is 32.1. The predicted octanol–water partition coefficient (Wildman–Crippen LogP) is 4.80. The number of benzene rings is 2. The molecule has 0 unspecified atom stereocenters. The highest BCUT2D eigenvalue weighted by molar-refractivity contribution is 7.80. The van der Waals surface area contributed by atoms with Gasteiger partial charge in [-0.05, 0) is 62.0 Å². The normalized spacial score (nSPS) is 10.4. The van der Waals surface area contributed by atoms with Crippen LogP contribution in [0.5, 0.6) is 11.5 Å². The summed E-state index contributed by atoms with van der Waals surface area (Å²) in [7, 11) is 0. The molecule has 4 nitrogen and oxygen atoms in total. The molecule has 2 N–H and O–H groups in total. The third-order valence-electron chi connectivity index (χ3n) is 3.11. The van der Waals surface area contributed by atoms with Crippen molar-refractivity contribution in [3.05, 3.63) is 48.0 Å². The minimum atomic E-state index is -2.85. The molecule has 128 valence electrons. The number of anilines is 2. The first kappa shape index (κ1) is 17.9. The van der Waals surface area contributed by atoms with Crippen LogP contribution in [0.4, 0.5) is 20.2 Å². The van der Waals surface area contributed by atoms with Crippen LogP contribution in [-0.4, -0.2) is 18.3 Å². The Hall–Kier alpha value is -2.41. The highest BCUT2D eigenvalue weighted by Crippen LogP contribution is 2.25. The van der Waals surface area contributed by atoms with Crippen molar-refractivity contribution in [1.29, 1.82) is 0 Å². The van der Waals surface area contributed by atoms with Gasteiger partial charge in [0.1, 0.15) is 11.5 Å². The molecule has 0 fully saturated rings. The maximum Gasteiger partial charge on any atom is 0.387 e. The summed E-state index contributed by atoms with van der Waals surface area (Å²) in [5.74, 6) is 0.801. The second-order valence-corrected chi connectivity index (χ2v) is 5.27. The fraction of sp³-hybridized carbons (Fsp3) is 0.235. The van der Waals surface area contributed by atoms with Gasteiger partial charge in [-0.2, -0.15) is 8.78 Å². The molecule has 0 spiro atoms. The van der Waals surface area contributed by atoms with Crippen molar-refractivity contribution in [3.8, 4) is 11.5 Å². The first-order valence-electron chi connectivity index (χ1n) is 7.35. The molecule has 0 aliphatic carbocycles. The smallest absolute Gasteiger partial charge is 0.387 e. The number of halogens is 2. The van der Waals surface area contributed by atoms with Crippen LogP contribution in [0.1, 0.15) is 12.5 Å². The summed E-state index contributed by atoms with van der Waals surface area (Å²) in [5.41, 5.74) is 2.17. The number of thiocarbonyl (C=S) groups is 1. The Morgan fingerprint density at radius 3 is 2.50 bits per heavy atom. The van der Waals surface area contributed by atoms with Gasteiger partial charge in [-0.25, -0.2) is 0 Å². The third-order valence-corrected chi connectivity index (χ3v) is 3.31. The van der Waals surface area contributed by atoms with Crippen LogP contribution >= 0.6 is 12.2 Å². The molecule has 0 heterocycles. The summed E-state index contributed by atoms with van der Waals surface area (Å²) < 4.78 is 34.3. The Morgan fingerprint density at radius 2 is 1.83 bits per heavy atom. The molecule has 0 aliphatic heterocycles. The zero-order chi connectivity index (χ0) is 17.5. The molecule has 0 saturated carbocycles.